The molecule has 0 aromatic heterocycles. The molecule has 28 heavy (non-hydrogen) atoms. The van der Waals surface area contributed by atoms with Crippen LogP contribution in [-0.4, -0.2) is 36.3 Å². The van der Waals surface area contributed by atoms with Crippen LogP contribution in [0.2, 0.25) is 0 Å². The Bertz CT molecular complexity index is 814. The molecule has 5 nitrogen and oxygen atoms in total. The molecule has 4 rings (SSSR count). The summed E-state index contributed by atoms with van der Waals surface area (Å²) in [6.07, 6.45) is 4.89. The lowest BCUT2D eigenvalue weighted by atomic mass is 10.0. The Labute approximate surface area is 166 Å². The zero-order valence-electron chi connectivity index (χ0n) is 16.1. The number of carbonyl (C=O) groups excluding carboxylic acids is 2. The van der Waals surface area contributed by atoms with Gasteiger partial charge in [0, 0.05) is 37.4 Å². The largest absolute Gasteiger partial charge is 0.370 e. The first kappa shape index (κ1) is 18.5. The minimum absolute atomic E-state index is 0.129. The van der Waals surface area contributed by atoms with Crippen LogP contribution in [-0.2, 0) is 9.59 Å². The molecule has 2 aliphatic rings. The van der Waals surface area contributed by atoms with Crippen molar-refractivity contribution in [3.8, 4) is 0 Å². The van der Waals surface area contributed by atoms with Gasteiger partial charge in [-0.3, -0.25) is 9.59 Å². The molecule has 2 aliphatic heterocycles. The molecular weight excluding hydrogens is 350 g/mol. The van der Waals surface area contributed by atoms with E-state index in [0.717, 1.165) is 55.8 Å². The first-order chi connectivity index (χ1) is 13.7. The van der Waals surface area contributed by atoms with E-state index in [1.165, 1.54) is 6.42 Å². The molecule has 2 saturated heterocycles. The van der Waals surface area contributed by atoms with Crippen LogP contribution in [0.25, 0.3) is 0 Å². The van der Waals surface area contributed by atoms with Crippen LogP contribution >= 0.6 is 0 Å². The third-order valence-electron chi connectivity index (χ3n) is 5.61. The van der Waals surface area contributed by atoms with Crippen molar-refractivity contribution in [2.75, 3.05) is 29.9 Å². The maximum atomic E-state index is 13.2. The van der Waals surface area contributed by atoms with E-state index < -0.39 is 6.04 Å². The smallest absolute Gasteiger partial charge is 0.249 e. The molecule has 2 heterocycles. The second-order valence-corrected chi connectivity index (χ2v) is 7.57. The summed E-state index contributed by atoms with van der Waals surface area (Å²) in [5, 5.41) is 3.43. The number of anilines is 2. The molecule has 1 atom stereocenters. The van der Waals surface area contributed by atoms with Gasteiger partial charge in [-0.15, -0.1) is 0 Å². The molecule has 2 aromatic rings. The molecule has 1 unspecified atom stereocenters. The highest BCUT2D eigenvalue weighted by Gasteiger charge is 2.27. The van der Waals surface area contributed by atoms with Crippen molar-refractivity contribution >= 4 is 23.2 Å². The highest BCUT2D eigenvalue weighted by Crippen LogP contribution is 2.27. The van der Waals surface area contributed by atoms with Crippen molar-refractivity contribution in [3.63, 3.8) is 0 Å². The molecule has 0 spiro atoms. The summed E-state index contributed by atoms with van der Waals surface area (Å²) in [5.41, 5.74) is 2.78. The first-order valence-electron chi connectivity index (χ1n) is 10.2. The summed E-state index contributed by atoms with van der Waals surface area (Å²) in [6.45, 7) is 2.45. The molecule has 0 radical (unpaired) electrons. The number of carbonyl (C=O) groups is 2. The van der Waals surface area contributed by atoms with Crippen molar-refractivity contribution in [2.45, 2.75) is 38.1 Å². The summed E-state index contributed by atoms with van der Waals surface area (Å²) < 4.78 is 0. The number of hydrogen-bond donors (Lipinski definition) is 1. The lowest BCUT2D eigenvalue weighted by Crippen LogP contribution is -2.41. The Balaban J connectivity index is 1.53. The fourth-order valence-electron chi connectivity index (χ4n) is 4.06. The van der Waals surface area contributed by atoms with Gasteiger partial charge in [0.05, 0.1) is 0 Å². The highest BCUT2D eigenvalue weighted by atomic mass is 16.2. The predicted molar refractivity (Wildman–Crippen MR) is 111 cm³/mol. The number of amides is 2. The summed E-state index contributed by atoms with van der Waals surface area (Å²) >= 11 is 0. The minimum Gasteiger partial charge on any atom is -0.370 e. The van der Waals surface area contributed by atoms with Crippen molar-refractivity contribution in [1.82, 2.24) is 4.90 Å². The fourth-order valence-corrected chi connectivity index (χ4v) is 4.06. The van der Waals surface area contributed by atoms with E-state index in [2.05, 4.69) is 5.32 Å². The Morgan fingerprint density at radius 2 is 1.57 bits per heavy atom. The van der Waals surface area contributed by atoms with Crippen LogP contribution in [0.3, 0.4) is 0 Å². The molecule has 5 heteroatoms. The third kappa shape index (κ3) is 4.03. The van der Waals surface area contributed by atoms with E-state index in [0.29, 0.717) is 6.42 Å². The first-order valence-corrected chi connectivity index (χ1v) is 10.2. The van der Waals surface area contributed by atoms with Gasteiger partial charge in [-0.25, -0.2) is 0 Å². The summed E-state index contributed by atoms with van der Waals surface area (Å²) in [5.74, 6) is 0.313. The fraction of sp³-hybridized carbons (Fsp3) is 0.391. The predicted octanol–water partition coefficient (Wildman–Crippen LogP) is 3.98. The van der Waals surface area contributed by atoms with E-state index in [1.807, 2.05) is 64.4 Å². The average Bonchev–Trinajstić information content (AvgIpc) is 3.19. The molecule has 0 bridgehead atoms. The molecule has 1 N–H and O–H groups in total. The van der Waals surface area contributed by atoms with E-state index in [-0.39, 0.29) is 11.8 Å². The second-order valence-electron chi connectivity index (χ2n) is 7.57. The van der Waals surface area contributed by atoms with Gasteiger partial charge >= 0.3 is 0 Å². The number of benzene rings is 2. The lowest BCUT2D eigenvalue weighted by Gasteiger charge is -2.31. The number of nitrogens with one attached hydrogen (secondary N) is 1. The number of nitrogens with zero attached hydrogens (tertiary/aromatic N) is 2. The van der Waals surface area contributed by atoms with Crippen LogP contribution < -0.4 is 10.2 Å². The van der Waals surface area contributed by atoms with Crippen LogP contribution in [0.4, 0.5) is 11.4 Å². The van der Waals surface area contributed by atoms with Crippen molar-refractivity contribution in [2.24, 2.45) is 0 Å². The molecular formula is C23H27N3O2. The third-order valence-corrected chi connectivity index (χ3v) is 5.61. The standard InChI is InChI=1S/C23H27N3O2/c27-21-10-7-17-26(21)20-13-11-19(12-14-20)24-22(18-8-3-1-4-9-18)23(28)25-15-5-2-6-16-25/h1,3-4,8-9,11-14,22,24H,2,5-7,10,15-17H2. The average molecular weight is 377 g/mol. The number of piperidine rings is 1. The van der Waals surface area contributed by atoms with Crippen LogP contribution in [0.1, 0.15) is 43.7 Å². The Morgan fingerprint density at radius 1 is 0.857 bits per heavy atom. The maximum Gasteiger partial charge on any atom is 0.249 e. The highest BCUT2D eigenvalue weighted by molar-refractivity contribution is 5.95. The number of hydrogen-bond acceptors (Lipinski definition) is 3. The zero-order chi connectivity index (χ0) is 19.3. The summed E-state index contributed by atoms with van der Waals surface area (Å²) in [4.78, 5) is 29.0. The Morgan fingerprint density at radius 3 is 2.21 bits per heavy atom. The van der Waals surface area contributed by atoms with Gasteiger partial charge < -0.3 is 15.1 Å². The normalized spacial score (nSPS) is 18.2. The van der Waals surface area contributed by atoms with Gasteiger partial charge in [0.1, 0.15) is 6.04 Å². The quantitative estimate of drug-likeness (QED) is 0.857. The summed E-state index contributed by atoms with van der Waals surface area (Å²) in [6, 6.07) is 17.3. The molecule has 0 saturated carbocycles. The van der Waals surface area contributed by atoms with E-state index >= 15 is 0 Å². The topological polar surface area (TPSA) is 52.7 Å². The van der Waals surface area contributed by atoms with E-state index in [4.69, 9.17) is 0 Å². The van der Waals surface area contributed by atoms with Gasteiger partial charge in [-0.05, 0) is 55.5 Å². The van der Waals surface area contributed by atoms with Crippen molar-refractivity contribution < 1.29 is 9.59 Å². The zero-order valence-corrected chi connectivity index (χ0v) is 16.1. The van der Waals surface area contributed by atoms with Gasteiger partial charge in [0.15, 0.2) is 0 Å². The van der Waals surface area contributed by atoms with Gasteiger partial charge in [0.2, 0.25) is 11.8 Å². The van der Waals surface area contributed by atoms with Crippen LogP contribution in [0, 0.1) is 0 Å². The molecule has 2 amide bonds. The van der Waals surface area contributed by atoms with Crippen LogP contribution in [0.5, 0.6) is 0 Å². The van der Waals surface area contributed by atoms with Gasteiger partial charge in [-0.1, -0.05) is 30.3 Å². The monoisotopic (exact) mass is 377 g/mol. The van der Waals surface area contributed by atoms with Crippen molar-refractivity contribution in [3.05, 3.63) is 60.2 Å². The minimum atomic E-state index is -0.404. The SMILES string of the molecule is O=C(C(Nc1ccc(N2CCCC2=O)cc1)c1ccccc1)N1CCCCC1. The van der Waals surface area contributed by atoms with Crippen molar-refractivity contribution in [1.29, 1.82) is 0 Å². The van der Waals surface area contributed by atoms with E-state index in [9.17, 15) is 9.59 Å². The second kappa shape index (κ2) is 8.46. The van der Waals surface area contributed by atoms with Gasteiger partial charge in [-0.2, -0.15) is 0 Å². The Hall–Kier alpha value is -2.82. The lowest BCUT2D eigenvalue weighted by molar-refractivity contribution is -0.133. The van der Waals surface area contributed by atoms with Crippen LogP contribution in [0.15, 0.2) is 54.6 Å². The molecule has 2 fully saturated rings. The van der Waals surface area contributed by atoms with Gasteiger partial charge in [0.25, 0.3) is 0 Å². The molecule has 2 aromatic carbocycles. The maximum absolute atomic E-state index is 13.2. The number of likely N-dealkylation sites (tertiary alicyclic amines) is 1. The number of rotatable bonds is 5. The molecule has 0 aliphatic carbocycles. The Kier molecular flexibility index (Phi) is 5.60. The molecule has 146 valence electrons. The van der Waals surface area contributed by atoms with E-state index in [1.54, 1.807) is 0 Å². The summed E-state index contributed by atoms with van der Waals surface area (Å²) in [7, 11) is 0.